The molecule has 110 valence electrons. The van der Waals surface area contributed by atoms with E-state index in [1.165, 1.54) is 0 Å². The van der Waals surface area contributed by atoms with E-state index in [0.717, 1.165) is 44.6 Å². The number of nitrogens with zero attached hydrogens (tertiary/aromatic N) is 1. The van der Waals surface area contributed by atoms with Gasteiger partial charge < -0.3 is 15.4 Å². The van der Waals surface area contributed by atoms with Gasteiger partial charge in [-0.15, -0.1) is 0 Å². The molecule has 1 saturated heterocycles. The zero-order valence-corrected chi connectivity index (χ0v) is 12.4. The average molecular weight is 276 g/mol. The number of ether oxygens (including phenoxy) is 1. The lowest BCUT2D eigenvalue weighted by molar-refractivity contribution is 0.0440. The van der Waals surface area contributed by atoms with E-state index in [1.807, 2.05) is 18.2 Å². The summed E-state index contributed by atoms with van der Waals surface area (Å²) in [7, 11) is 0. The molecule has 1 aromatic rings. The van der Waals surface area contributed by atoms with Gasteiger partial charge >= 0.3 is 0 Å². The Morgan fingerprint density at radius 2 is 2.30 bits per heavy atom. The lowest BCUT2D eigenvalue weighted by Gasteiger charge is -2.34. The van der Waals surface area contributed by atoms with Crippen molar-refractivity contribution in [3.05, 3.63) is 23.8 Å². The van der Waals surface area contributed by atoms with Gasteiger partial charge in [-0.3, -0.25) is 4.79 Å². The maximum Gasteiger partial charge on any atom is 0.161 e. The van der Waals surface area contributed by atoms with Gasteiger partial charge in [-0.25, -0.2) is 0 Å². The molecule has 1 aromatic carbocycles. The van der Waals surface area contributed by atoms with E-state index >= 15 is 0 Å². The monoisotopic (exact) mass is 276 g/mol. The van der Waals surface area contributed by atoms with Crippen LogP contribution in [0, 0.1) is 0 Å². The third-order valence-electron chi connectivity index (χ3n) is 3.72. The number of nitrogen functional groups attached to an aromatic ring is 1. The first-order chi connectivity index (χ1) is 9.61. The molecule has 0 aliphatic carbocycles. The fraction of sp³-hybridized carbons (Fsp3) is 0.562. The highest BCUT2D eigenvalue weighted by molar-refractivity contribution is 5.99. The van der Waals surface area contributed by atoms with Crippen LogP contribution in [0.5, 0.6) is 0 Å². The maximum atomic E-state index is 11.4. The summed E-state index contributed by atoms with van der Waals surface area (Å²) in [6, 6.07) is 5.71. The molecule has 0 bridgehead atoms. The van der Waals surface area contributed by atoms with Gasteiger partial charge in [0.1, 0.15) is 0 Å². The van der Waals surface area contributed by atoms with E-state index in [4.69, 9.17) is 10.5 Å². The van der Waals surface area contributed by atoms with Crippen LogP contribution < -0.4 is 10.6 Å². The molecule has 2 rings (SSSR count). The van der Waals surface area contributed by atoms with Crippen molar-refractivity contribution in [3.8, 4) is 0 Å². The molecule has 4 nitrogen and oxygen atoms in total. The van der Waals surface area contributed by atoms with Gasteiger partial charge in [0.15, 0.2) is 5.78 Å². The van der Waals surface area contributed by atoms with Crippen LogP contribution in [0.1, 0.15) is 43.5 Å². The molecule has 1 aliphatic heterocycles. The first-order valence-electron chi connectivity index (χ1n) is 7.38. The molecular formula is C16H24N2O2. The van der Waals surface area contributed by atoms with Gasteiger partial charge in [-0.1, -0.05) is 6.92 Å². The van der Waals surface area contributed by atoms with Crippen molar-refractivity contribution in [2.45, 2.75) is 39.2 Å². The van der Waals surface area contributed by atoms with Crippen LogP contribution >= 0.6 is 0 Å². The minimum Gasteiger partial charge on any atom is -0.398 e. The number of hydrogen-bond donors (Lipinski definition) is 1. The highest BCUT2D eigenvalue weighted by atomic mass is 16.5. The van der Waals surface area contributed by atoms with Crippen LogP contribution in [-0.2, 0) is 4.74 Å². The van der Waals surface area contributed by atoms with Crippen LogP contribution in [0.25, 0.3) is 0 Å². The van der Waals surface area contributed by atoms with Gasteiger partial charge in [-0.05, 0) is 44.4 Å². The largest absolute Gasteiger partial charge is 0.398 e. The number of piperidine rings is 1. The van der Waals surface area contributed by atoms with Crippen molar-refractivity contribution in [2.24, 2.45) is 0 Å². The summed E-state index contributed by atoms with van der Waals surface area (Å²) in [6.07, 6.45) is 3.61. The summed E-state index contributed by atoms with van der Waals surface area (Å²) in [5, 5.41) is 0. The second kappa shape index (κ2) is 6.75. The quantitative estimate of drug-likeness (QED) is 0.663. The van der Waals surface area contributed by atoms with Gasteiger partial charge in [-0.2, -0.15) is 0 Å². The lowest BCUT2D eigenvalue weighted by atomic mass is 10.0. The highest BCUT2D eigenvalue weighted by Gasteiger charge is 2.21. The summed E-state index contributed by atoms with van der Waals surface area (Å²) < 4.78 is 5.85. The van der Waals surface area contributed by atoms with E-state index in [9.17, 15) is 4.79 Å². The summed E-state index contributed by atoms with van der Waals surface area (Å²) in [6.45, 7) is 6.41. The topological polar surface area (TPSA) is 55.6 Å². The Labute approximate surface area is 120 Å². The van der Waals surface area contributed by atoms with Gasteiger partial charge in [0.25, 0.3) is 0 Å². The Morgan fingerprint density at radius 3 is 2.95 bits per heavy atom. The number of nitrogens with two attached hydrogens (primary N) is 1. The Kier molecular flexibility index (Phi) is 5.01. The second-order valence-corrected chi connectivity index (χ2v) is 5.41. The molecule has 0 aromatic heterocycles. The number of benzene rings is 1. The lowest BCUT2D eigenvalue weighted by Crippen LogP contribution is -2.39. The predicted octanol–water partition coefficient (Wildman–Crippen LogP) is 2.87. The van der Waals surface area contributed by atoms with Crippen LogP contribution in [0.3, 0.4) is 0 Å². The molecule has 4 heteroatoms. The van der Waals surface area contributed by atoms with Gasteiger partial charge in [0.05, 0.1) is 6.10 Å². The zero-order chi connectivity index (χ0) is 14.5. The minimum atomic E-state index is 0.0110. The Balaban J connectivity index is 2.07. The number of anilines is 2. The third kappa shape index (κ3) is 3.51. The smallest absolute Gasteiger partial charge is 0.161 e. The number of carbonyl (C=O) groups is 1. The number of carbonyl (C=O) groups excluding carboxylic acids is 1. The molecular weight excluding hydrogens is 252 g/mol. The fourth-order valence-electron chi connectivity index (χ4n) is 2.66. The second-order valence-electron chi connectivity index (χ2n) is 5.41. The maximum absolute atomic E-state index is 11.4. The van der Waals surface area contributed by atoms with E-state index < -0.39 is 0 Å². The van der Waals surface area contributed by atoms with Crippen molar-refractivity contribution in [1.82, 2.24) is 0 Å². The SMILES string of the molecule is CCCOC1CCCN(c2ccc(C(C)=O)c(N)c2)C1. The Hall–Kier alpha value is -1.55. The molecule has 2 N–H and O–H groups in total. The Morgan fingerprint density at radius 1 is 1.50 bits per heavy atom. The highest BCUT2D eigenvalue weighted by Crippen LogP contribution is 2.25. The standard InChI is InChI=1S/C16H24N2O2/c1-3-9-20-14-5-4-8-18(11-14)13-6-7-15(12(2)19)16(17)10-13/h6-7,10,14H,3-5,8-9,11,17H2,1-2H3. The number of rotatable bonds is 5. The molecule has 1 aliphatic rings. The molecule has 20 heavy (non-hydrogen) atoms. The third-order valence-corrected chi connectivity index (χ3v) is 3.72. The Bertz CT molecular complexity index is 474. The van der Waals surface area contributed by atoms with Crippen LogP contribution in [0.4, 0.5) is 11.4 Å². The average Bonchev–Trinajstić information content (AvgIpc) is 2.45. The minimum absolute atomic E-state index is 0.0110. The molecule has 1 fully saturated rings. The van der Waals surface area contributed by atoms with Crippen LogP contribution in [0.2, 0.25) is 0 Å². The van der Waals surface area contributed by atoms with Crippen LogP contribution in [-0.4, -0.2) is 31.6 Å². The molecule has 0 amide bonds. The predicted molar refractivity (Wildman–Crippen MR) is 82.3 cm³/mol. The van der Waals surface area contributed by atoms with Crippen molar-refractivity contribution in [2.75, 3.05) is 30.3 Å². The van der Waals surface area contributed by atoms with Crippen molar-refractivity contribution in [1.29, 1.82) is 0 Å². The number of hydrogen-bond acceptors (Lipinski definition) is 4. The number of Topliss-reactive ketones (excluding diaryl/α,β-unsaturated/α-hetero) is 1. The van der Waals surface area contributed by atoms with Gasteiger partial charge in [0, 0.05) is 36.6 Å². The molecule has 0 radical (unpaired) electrons. The fourth-order valence-corrected chi connectivity index (χ4v) is 2.66. The van der Waals surface area contributed by atoms with Crippen molar-refractivity contribution < 1.29 is 9.53 Å². The van der Waals surface area contributed by atoms with E-state index in [0.29, 0.717) is 17.4 Å². The van der Waals surface area contributed by atoms with E-state index in [-0.39, 0.29) is 5.78 Å². The molecule has 0 saturated carbocycles. The molecule has 1 unspecified atom stereocenters. The number of ketones is 1. The molecule has 1 atom stereocenters. The van der Waals surface area contributed by atoms with Crippen molar-refractivity contribution in [3.63, 3.8) is 0 Å². The summed E-state index contributed by atoms with van der Waals surface area (Å²) in [5.74, 6) is 0.0110. The molecule has 1 heterocycles. The van der Waals surface area contributed by atoms with Crippen LogP contribution in [0.15, 0.2) is 18.2 Å². The van der Waals surface area contributed by atoms with E-state index in [1.54, 1.807) is 6.92 Å². The normalized spacial score (nSPS) is 19.1. The first-order valence-corrected chi connectivity index (χ1v) is 7.38. The summed E-state index contributed by atoms with van der Waals surface area (Å²) in [4.78, 5) is 13.7. The van der Waals surface area contributed by atoms with Crippen molar-refractivity contribution >= 4 is 17.2 Å². The first kappa shape index (κ1) is 14.9. The van der Waals surface area contributed by atoms with Gasteiger partial charge in [0.2, 0.25) is 0 Å². The summed E-state index contributed by atoms with van der Waals surface area (Å²) >= 11 is 0. The zero-order valence-electron chi connectivity index (χ0n) is 12.4. The molecule has 0 spiro atoms. The van der Waals surface area contributed by atoms with E-state index in [2.05, 4.69) is 11.8 Å². The summed E-state index contributed by atoms with van der Waals surface area (Å²) in [5.41, 5.74) is 8.21.